The van der Waals surface area contributed by atoms with Crippen molar-refractivity contribution in [1.29, 1.82) is 0 Å². The topological polar surface area (TPSA) is 34.1 Å². The van der Waals surface area contributed by atoms with E-state index in [0.29, 0.717) is 24.7 Å². The van der Waals surface area contributed by atoms with Gasteiger partial charge in [-0.2, -0.15) is 0 Å². The number of anilines is 1. The van der Waals surface area contributed by atoms with Gasteiger partial charge in [-0.15, -0.1) is 24.0 Å². The van der Waals surface area contributed by atoms with Gasteiger partial charge in [0.1, 0.15) is 11.6 Å². The van der Waals surface area contributed by atoms with E-state index < -0.39 is 5.82 Å². The van der Waals surface area contributed by atoms with E-state index >= 15 is 0 Å². The fraction of sp³-hybridized carbons (Fsp3) is 0.650. The van der Waals surface area contributed by atoms with E-state index in [9.17, 15) is 8.78 Å². The van der Waals surface area contributed by atoms with Gasteiger partial charge in [0.05, 0.1) is 5.69 Å². The van der Waals surface area contributed by atoms with E-state index in [0.717, 1.165) is 37.7 Å². The summed E-state index contributed by atoms with van der Waals surface area (Å²) < 4.78 is 27.5. The zero-order chi connectivity index (χ0) is 18.8. The van der Waals surface area contributed by atoms with Gasteiger partial charge in [-0.25, -0.2) is 8.78 Å². The Labute approximate surface area is 183 Å². The summed E-state index contributed by atoms with van der Waals surface area (Å²) >= 11 is 0. The van der Waals surface area contributed by atoms with Crippen molar-refractivity contribution in [2.45, 2.75) is 25.3 Å². The van der Waals surface area contributed by atoms with Crippen molar-refractivity contribution in [3.63, 3.8) is 0 Å². The maximum absolute atomic E-state index is 14.0. The third-order valence-electron chi connectivity index (χ3n) is 5.97. The number of likely N-dealkylation sites (tertiary alicyclic amines) is 1. The number of hydrogen-bond acceptors (Lipinski definition) is 3. The highest BCUT2D eigenvalue weighted by molar-refractivity contribution is 14.0. The van der Waals surface area contributed by atoms with Crippen LogP contribution < -0.4 is 10.2 Å². The molecule has 1 aliphatic carbocycles. The van der Waals surface area contributed by atoms with Crippen LogP contribution in [0.15, 0.2) is 23.2 Å². The number of nitrogens with one attached hydrogen (secondary N) is 1. The van der Waals surface area contributed by atoms with Gasteiger partial charge in [-0.1, -0.05) is 0 Å². The molecule has 3 fully saturated rings. The van der Waals surface area contributed by atoms with E-state index in [1.165, 1.54) is 44.5 Å². The van der Waals surface area contributed by atoms with Crippen LogP contribution in [0.4, 0.5) is 14.5 Å². The Bertz CT molecular complexity index is 689. The van der Waals surface area contributed by atoms with Crippen LogP contribution in [0.1, 0.15) is 19.3 Å². The molecule has 156 valence electrons. The van der Waals surface area contributed by atoms with E-state index in [2.05, 4.69) is 20.1 Å². The maximum Gasteiger partial charge on any atom is 0.193 e. The van der Waals surface area contributed by atoms with E-state index in [1.54, 1.807) is 0 Å². The normalized spacial score (nSPS) is 23.7. The smallest absolute Gasteiger partial charge is 0.193 e. The van der Waals surface area contributed by atoms with Crippen molar-refractivity contribution < 1.29 is 8.78 Å². The fourth-order valence-corrected chi connectivity index (χ4v) is 4.26. The first-order valence-corrected chi connectivity index (χ1v) is 10.0. The summed E-state index contributed by atoms with van der Waals surface area (Å²) in [5, 5.41) is 3.53. The number of nitrogens with zero attached hydrogens (tertiary/aromatic N) is 4. The predicted octanol–water partition coefficient (Wildman–Crippen LogP) is 2.76. The molecule has 3 aliphatic rings. The summed E-state index contributed by atoms with van der Waals surface area (Å²) in [6.45, 7) is 6.17. The molecule has 0 radical (unpaired) electrons. The fourth-order valence-electron chi connectivity index (χ4n) is 4.26. The first-order valence-electron chi connectivity index (χ1n) is 10.0. The molecule has 5 nitrogen and oxygen atoms in total. The van der Waals surface area contributed by atoms with Crippen LogP contribution in [0.5, 0.6) is 0 Å². The Kier molecular flexibility index (Phi) is 7.36. The zero-order valence-electron chi connectivity index (χ0n) is 16.4. The lowest BCUT2D eigenvalue weighted by Gasteiger charge is -2.38. The summed E-state index contributed by atoms with van der Waals surface area (Å²) in [4.78, 5) is 11.2. The molecule has 8 heteroatoms. The number of aliphatic imine (C=N–C) groups is 1. The second-order valence-corrected chi connectivity index (χ2v) is 7.88. The van der Waals surface area contributed by atoms with Crippen molar-refractivity contribution in [3.8, 4) is 0 Å². The molecule has 2 aliphatic heterocycles. The highest BCUT2D eigenvalue weighted by atomic mass is 127. The first-order chi connectivity index (χ1) is 13.1. The lowest BCUT2D eigenvalue weighted by atomic mass is 10.1. The molecule has 1 N–H and O–H groups in total. The maximum atomic E-state index is 14.0. The zero-order valence-corrected chi connectivity index (χ0v) is 18.7. The van der Waals surface area contributed by atoms with Crippen LogP contribution >= 0.6 is 24.0 Å². The van der Waals surface area contributed by atoms with Crippen molar-refractivity contribution in [1.82, 2.24) is 15.1 Å². The van der Waals surface area contributed by atoms with E-state index in [4.69, 9.17) is 0 Å². The Morgan fingerprint density at radius 3 is 2.54 bits per heavy atom. The molecule has 1 aromatic carbocycles. The third kappa shape index (κ3) is 5.06. The molecule has 0 spiro atoms. The van der Waals surface area contributed by atoms with Crippen LogP contribution in [0.2, 0.25) is 0 Å². The van der Waals surface area contributed by atoms with Gasteiger partial charge in [0.2, 0.25) is 0 Å². The number of hydrogen-bond donors (Lipinski definition) is 1. The second-order valence-electron chi connectivity index (χ2n) is 7.88. The summed E-state index contributed by atoms with van der Waals surface area (Å²) in [7, 11) is 1.81. The molecule has 1 unspecified atom stereocenters. The van der Waals surface area contributed by atoms with Gasteiger partial charge < -0.3 is 20.0 Å². The van der Waals surface area contributed by atoms with Gasteiger partial charge >= 0.3 is 0 Å². The minimum absolute atomic E-state index is 0. The molecule has 1 atom stereocenters. The predicted molar refractivity (Wildman–Crippen MR) is 120 cm³/mol. The minimum atomic E-state index is -0.400. The van der Waals surface area contributed by atoms with Crippen LogP contribution in [0.3, 0.4) is 0 Å². The van der Waals surface area contributed by atoms with Gasteiger partial charge in [-0.3, -0.25) is 4.99 Å². The molecule has 0 amide bonds. The van der Waals surface area contributed by atoms with Crippen LogP contribution in [0, 0.1) is 17.6 Å². The summed E-state index contributed by atoms with van der Waals surface area (Å²) in [5.74, 6) is 0.834. The monoisotopic (exact) mass is 505 g/mol. The lowest BCUT2D eigenvalue weighted by Crippen LogP contribution is -2.53. The molecule has 4 rings (SSSR count). The third-order valence-corrected chi connectivity index (χ3v) is 5.97. The average molecular weight is 505 g/mol. The van der Waals surface area contributed by atoms with Crippen LogP contribution in [0.25, 0.3) is 0 Å². The van der Waals surface area contributed by atoms with Crippen LogP contribution in [-0.2, 0) is 0 Å². The number of rotatable bonds is 4. The SMILES string of the molecule is CN=C(NCC1CCN(C2CC2)C1)N1CCN(c2cc(F)ccc2F)CC1.I. The molecule has 0 bridgehead atoms. The minimum Gasteiger partial charge on any atom is -0.366 e. The van der Waals surface area contributed by atoms with E-state index in [1.807, 2.05) is 11.9 Å². The molecule has 0 aromatic heterocycles. The van der Waals surface area contributed by atoms with Gasteiger partial charge in [0.15, 0.2) is 5.96 Å². The molecule has 1 aromatic rings. The lowest BCUT2D eigenvalue weighted by molar-refractivity contribution is 0.312. The molecule has 2 heterocycles. The van der Waals surface area contributed by atoms with Gasteiger partial charge in [0.25, 0.3) is 0 Å². The number of benzene rings is 1. The van der Waals surface area contributed by atoms with Crippen LogP contribution in [-0.4, -0.2) is 74.7 Å². The molecule has 2 saturated heterocycles. The Morgan fingerprint density at radius 1 is 1.11 bits per heavy atom. The average Bonchev–Trinajstić information content (AvgIpc) is 3.43. The largest absolute Gasteiger partial charge is 0.366 e. The summed E-state index contributed by atoms with van der Waals surface area (Å²) in [5.41, 5.74) is 0.351. The van der Waals surface area contributed by atoms with Crippen molar-refractivity contribution >= 4 is 35.6 Å². The quantitative estimate of drug-likeness (QED) is 0.388. The van der Waals surface area contributed by atoms with Crippen molar-refractivity contribution in [3.05, 3.63) is 29.8 Å². The Morgan fingerprint density at radius 2 is 1.86 bits per heavy atom. The molecule has 1 saturated carbocycles. The van der Waals surface area contributed by atoms with Gasteiger partial charge in [0, 0.05) is 58.4 Å². The highest BCUT2D eigenvalue weighted by Gasteiger charge is 2.34. The first kappa shape index (κ1) is 21.5. The molecular weight excluding hydrogens is 475 g/mol. The number of guanidine groups is 1. The van der Waals surface area contributed by atoms with Crippen molar-refractivity contribution in [2.24, 2.45) is 10.9 Å². The summed E-state index contributed by atoms with van der Waals surface area (Å²) in [6.07, 6.45) is 4.00. The highest BCUT2D eigenvalue weighted by Crippen LogP contribution is 2.31. The Balaban J connectivity index is 0.00000225. The Hall–Kier alpha value is -1.16. The number of piperazine rings is 1. The van der Waals surface area contributed by atoms with E-state index in [-0.39, 0.29) is 29.8 Å². The standard InChI is InChI=1S/C20H29F2N5.HI/c1-23-20(24-13-15-6-7-27(14-15)17-3-4-17)26-10-8-25(9-11-26)19-12-16(21)2-5-18(19)22;/h2,5,12,15,17H,3-4,6-11,13-14H2,1H3,(H,23,24);1H. The molecule has 28 heavy (non-hydrogen) atoms. The second kappa shape index (κ2) is 9.56. The molecular formula is C20H30F2IN5. The number of halogens is 3. The van der Waals surface area contributed by atoms with Gasteiger partial charge in [-0.05, 0) is 43.9 Å². The summed E-state index contributed by atoms with van der Waals surface area (Å²) in [6, 6.07) is 4.49. The van der Waals surface area contributed by atoms with Crippen molar-refractivity contribution in [2.75, 3.05) is 57.8 Å².